The summed E-state index contributed by atoms with van der Waals surface area (Å²) in [5.41, 5.74) is 3.40. The maximum Gasteiger partial charge on any atom is 0.270 e. The topological polar surface area (TPSA) is 76.1 Å². The van der Waals surface area contributed by atoms with Gasteiger partial charge in [0.2, 0.25) is 5.95 Å². The van der Waals surface area contributed by atoms with Crippen LogP contribution in [-0.2, 0) is 13.0 Å². The third-order valence-electron chi connectivity index (χ3n) is 4.15. The Kier molecular flexibility index (Phi) is 5.99. The van der Waals surface area contributed by atoms with Crippen LogP contribution in [0.25, 0.3) is 0 Å². The van der Waals surface area contributed by atoms with E-state index in [-0.39, 0.29) is 5.91 Å². The molecule has 1 aromatic heterocycles. The fraction of sp³-hybridized carbons (Fsp3) is 0.190. The number of ether oxygens (including phenoxy) is 1. The number of carbonyl (C=O) groups excluding carboxylic acids is 1. The summed E-state index contributed by atoms with van der Waals surface area (Å²) in [4.78, 5) is 21.0. The Labute approximate surface area is 158 Å². The van der Waals surface area contributed by atoms with E-state index in [1.807, 2.05) is 48.5 Å². The highest BCUT2D eigenvalue weighted by Crippen LogP contribution is 2.19. The molecule has 3 rings (SSSR count). The summed E-state index contributed by atoms with van der Waals surface area (Å²) < 4.78 is 5.13. The molecule has 0 atom stereocenters. The van der Waals surface area contributed by atoms with Crippen molar-refractivity contribution in [3.05, 3.63) is 77.6 Å². The molecule has 0 spiro atoms. The molecule has 0 saturated carbocycles. The van der Waals surface area contributed by atoms with Gasteiger partial charge in [0, 0.05) is 18.4 Å². The lowest BCUT2D eigenvalue weighted by molar-refractivity contribution is 0.0946. The molecule has 0 radical (unpaired) electrons. The molecular formula is C21H22N4O2. The third kappa shape index (κ3) is 4.82. The van der Waals surface area contributed by atoms with E-state index in [1.54, 1.807) is 19.4 Å². The van der Waals surface area contributed by atoms with E-state index in [2.05, 4.69) is 27.5 Å². The van der Waals surface area contributed by atoms with Gasteiger partial charge in [-0.2, -0.15) is 0 Å². The van der Waals surface area contributed by atoms with E-state index < -0.39 is 0 Å². The van der Waals surface area contributed by atoms with E-state index >= 15 is 0 Å². The minimum Gasteiger partial charge on any atom is -0.497 e. The lowest BCUT2D eigenvalue weighted by Gasteiger charge is -2.10. The van der Waals surface area contributed by atoms with Crippen molar-refractivity contribution in [2.75, 3.05) is 12.4 Å². The third-order valence-corrected chi connectivity index (χ3v) is 4.15. The highest BCUT2D eigenvalue weighted by molar-refractivity contribution is 5.92. The molecule has 6 nitrogen and oxygen atoms in total. The van der Waals surface area contributed by atoms with Gasteiger partial charge in [-0.15, -0.1) is 0 Å². The Morgan fingerprint density at radius 3 is 2.59 bits per heavy atom. The number of para-hydroxylation sites is 1. The number of anilines is 2. The van der Waals surface area contributed by atoms with Crippen LogP contribution in [-0.4, -0.2) is 23.0 Å². The quantitative estimate of drug-likeness (QED) is 0.670. The zero-order valence-electron chi connectivity index (χ0n) is 15.4. The Morgan fingerprint density at radius 1 is 1.07 bits per heavy atom. The molecule has 1 amide bonds. The zero-order valence-corrected chi connectivity index (χ0v) is 15.4. The Bertz CT molecular complexity index is 910. The summed E-state index contributed by atoms with van der Waals surface area (Å²) in [5, 5.41) is 6.06. The highest BCUT2D eigenvalue weighted by Gasteiger charge is 2.10. The van der Waals surface area contributed by atoms with Crippen LogP contribution in [0.3, 0.4) is 0 Å². The average molecular weight is 362 g/mol. The number of amides is 1. The SMILES string of the molecule is CCc1ccccc1Nc1nccc(C(=O)NCc2ccc(OC)cc2)n1. The summed E-state index contributed by atoms with van der Waals surface area (Å²) in [6, 6.07) is 17.1. The molecule has 0 bridgehead atoms. The monoisotopic (exact) mass is 362 g/mol. The van der Waals surface area contributed by atoms with Crippen LogP contribution in [0.4, 0.5) is 11.6 Å². The summed E-state index contributed by atoms with van der Waals surface area (Å²) >= 11 is 0. The predicted molar refractivity (Wildman–Crippen MR) is 105 cm³/mol. The second kappa shape index (κ2) is 8.80. The van der Waals surface area contributed by atoms with Crippen LogP contribution in [0, 0.1) is 0 Å². The van der Waals surface area contributed by atoms with Crippen molar-refractivity contribution >= 4 is 17.5 Å². The number of aromatic nitrogens is 2. The molecule has 2 N–H and O–H groups in total. The molecule has 1 heterocycles. The van der Waals surface area contributed by atoms with Gasteiger partial charge < -0.3 is 15.4 Å². The summed E-state index contributed by atoms with van der Waals surface area (Å²) in [6.07, 6.45) is 2.47. The summed E-state index contributed by atoms with van der Waals surface area (Å²) in [5.74, 6) is 0.928. The maximum absolute atomic E-state index is 12.4. The molecule has 138 valence electrons. The molecule has 0 unspecified atom stereocenters. The molecular weight excluding hydrogens is 340 g/mol. The van der Waals surface area contributed by atoms with Gasteiger partial charge in [-0.25, -0.2) is 9.97 Å². The lowest BCUT2D eigenvalue weighted by Crippen LogP contribution is -2.24. The molecule has 2 aromatic carbocycles. The van der Waals surface area contributed by atoms with E-state index in [4.69, 9.17) is 4.74 Å². The van der Waals surface area contributed by atoms with Gasteiger partial charge in [-0.3, -0.25) is 4.79 Å². The minimum atomic E-state index is -0.250. The van der Waals surface area contributed by atoms with Crippen molar-refractivity contribution in [3.8, 4) is 5.75 Å². The summed E-state index contributed by atoms with van der Waals surface area (Å²) in [7, 11) is 1.62. The van der Waals surface area contributed by atoms with Crippen LogP contribution in [0.1, 0.15) is 28.5 Å². The average Bonchev–Trinajstić information content (AvgIpc) is 2.73. The number of methoxy groups -OCH3 is 1. The molecule has 0 saturated heterocycles. The number of rotatable bonds is 7. The largest absolute Gasteiger partial charge is 0.497 e. The number of benzene rings is 2. The molecule has 0 aliphatic heterocycles. The fourth-order valence-electron chi connectivity index (χ4n) is 2.63. The minimum absolute atomic E-state index is 0.250. The Balaban J connectivity index is 1.66. The molecule has 0 aliphatic rings. The van der Waals surface area contributed by atoms with Gasteiger partial charge in [0.25, 0.3) is 5.91 Å². The number of nitrogens with one attached hydrogen (secondary N) is 2. The molecule has 6 heteroatoms. The van der Waals surface area contributed by atoms with Gasteiger partial charge in [0.05, 0.1) is 7.11 Å². The van der Waals surface area contributed by atoms with Gasteiger partial charge in [-0.1, -0.05) is 37.3 Å². The first-order chi connectivity index (χ1) is 13.2. The first-order valence-electron chi connectivity index (χ1n) is 8.78. The number of hydrogen-bond donors (Lipinski definition) is 2. The lowest BCUT2D eigenvalue weighted by atomic mass is 10.1. The van der Waals surface area contributed by atoms with Gasteiger partial charge in [0.1, 0.15) is 11.4 Å². The first-order valence-corrected chi connectivity index (χ1v) is 8.78. The van der Waals surface area contributed by atoms with E-state index in [9.17, 15) is 4.79 Å². The van der Waals surface area contributed by atoms with Crippen molar-refractivity contribution in [2.45, 2.75) is 19.9 Å². The summed E-state index contributed by atoms with van der Waals surface area (Å²) in [6.45, 7) is 2.50. The fourth-order valence-corrected chi connectivity index (χ4v) is 2.63. The van der Waals surface area contributed by atoms with Crippen molar-refractivity contribution < 1.29 is 9.53 Å². The normalized spacial score (nSPS) is 10.3. The van der Waals surface area contributed by atoms with Crippen LogP contribution in [0.5, 0.6) is 5.75 Å². The van der Waals surface area contributed by atoms with E-state index in [0.29, 0.717) is 18.2 Å². The molecule has 0 aliphatic carbocycles. The number of hydrogen-bond acceptors (Lipinski definition) is 5. The van der Waals surface area contributed by atoms with Crippen LogP contribution in [0.2, 0.25) is 0 Å². The smallest absolute Gasteiger partial charge is 0.270 e. The van der Waals surface area contributed by atoms with Gasteiger partial charge >= 0.3 is 0 Å². The van der Waals surface area contributed by atoms with Crippen LogP contribution in [0.15, 0.2) is 60.8 Å². The first kappa shape index (κ1) is 18.4. The number of aryl methyl sites for hydroxylation is 1. The Hall–Kier alpha value is -3.41. The maximum atomic E-state index is 12.4. The second-order valence-electron chi connectivity index (χ2n) is 5.93. The van der Waals surface area contributed by atoms with Crippen molar-refractivity contribution in [1.82, 2.24) is 15.3 Å². The van der Waals surface area contributed by atoms with Gasteiger partial charge in [0.15, 0.2) is 0 Å². The zero-order chi connectivity index (χ0) is 19.1. The number of nitrogens with zero attached hydrogens (tertiary/aromatic N) is 2. The molecule has 0 fully saturated rings. The standard InChI is InChI=1S/C21H22N4O2/c1-3-16-6-4-5-7-18(16)24-21-22-13-12-19(25-21)20(26)23-14-15-8-10-17(27-2)11-9-15/h4-13H,3,14H2,1-2H3,(H,23,26)(H,22,24,25). The highest BCUT2D eigenvalue weighted by atomic mass is 16.5. The predicted octanol–water partition coefficient (Wildman–Crippen LogP) is 3.72. The van der Waals surface area contributed by atoms with Crippen LogP contribution < -0.4 is 15.4 Å². The van der Waals surface area contributed by atoms with E-state index in [1.165, 1.54) is 0 Å². The van der Waals surface area contributed by atoms with Crippen molar-refractivity contribution in [2.24, 2.45) is 0 Å². The molecule has 3 aromatic rings. The number of carbonyl (C=O) groups is 1. The second-order valence-corrected chi connectivity index (χ2v) is 5.93. The van der Waals surface area contributed by atoms with Gasteiger partial charge in [-0.05, 0) is 41.8 Å². The Morgan fingerprint density at radius 2 is 1.85 bits per heavy atom. The van der Waals surface area contributed by atoms with E-state index in [0.717, 1.165) is 29.0 Å². The molecule has 27 heavy (non-hydrogen) atoms. The van der Waals surface area contributed by atoms with Crippen molar-refractivity contribution in [3.63, 3.8) is 0 Å². The van der Waals surface area contributed by atoms with Crippen LogP contribution >= 0.6 is 0 Å². The van der Waals surface area contributed by atoms with Crippen molar-refractivity contribution in [1.29, 1.82) is 0 Å².